The van der Waals surface area contributed by atoms with Crippen molar-refractivity contribution in [3.05, 3.63) is 28.8 Å². The molecule has 2 aromatic heterocycles. The smallest absolute Gasteiger partial charge is 0.417 e. The quantitative estimate of drug-likeness (QED) is 0.308. The average molecular weight is 569 g/mol. The first kappa shape index (κ1) is 28.0. The van der Waals surface area contributed by atoms with Crippen LogP contribution in [0.4, 0.5) is 33.5 Å². The Morgan fingerprint density at radius 3 is 2.60 bits per heavy atom. The molecule has 2 aliphatic heterocycles. The molecule has 1 saturated heterocycles. The lowest BCUT2D eigenvalue weighted by Crippen LogP contribution is -2.29. The maximum Gasteiger partial charge on any atom is 0.417 e. The molecule has 2 unspecified atom stereocenters. The number of alkyl halides is 3. The number of hydrogen-bond donors (Lipinski definition) is 3. The first-order valence-corrected chi connectivity index (χ1v) is 13.0. The number of nitrogen functional groups attached to an aromatic ring is 1. The van der Waals surface area contributed by atoms with E-state index >= 15 is 4.39 Å². The molecule has 40 heavy (non-hydrogen) atoms. The van der Waals surface area contributed by atoms with Gasteiger partial charge in [-0.15, -0.1) is 0 Å². The van der Waals surface area contributed by atoms with E-state index in [9.17, 15) is 17.6 Å². The van der Waals surface area contributed by atoms with Crippen LogP contribution in [0.1, 0.15) is 37.3 Å². The van der Waals surface area contributed by atoms with Gasteiger partial charge in [0.1, 0.15) is 34.3 Å². The van der Waals surface area contributed by atoms with Crippen molar-refractivity contribution in [1.29, 1.82) is 0 Å². The van der Waals surface area contributed by atoms with Crippen molar-refractivity contribution in [2.45, 2.75) is 51.5 Å². The second-order valence-electron chi connectivity index (χ2n) is 9.83. The van der Waals surface area contributed by atoms with Crippen molar-refractivity contribution in [1.82, 2.24) is 20.3 Å². The van der Waals surface area contributed by atoms with Crippen LogP contribution in [0.25, 0.3) is 22.2 Å². The maximum absolute atomic E-state index is 16.3. The van der Waals surface area contributed by atoms with E-state index < -0.39 is 52.0 Å². The number of rotatable bonds is 3. The number of hydrogen-bond acceptors (Lipinski definition) is 9. The van der Waals surface area contributed by atoms with E-state index in [1.165, 1.54) is 0 Å². The number of benzene rings is 1. The van der Waals surface area contributed by atoms with Gasteiger partial charge in [-0.2, -0.15) is 23.1 Å². The SMILES string of the molecule is Cc1c(F)c(N)cc(-c2nc3c4c(nc(OC5CCCOC5)nc4c2F)NCCNCCC(C)O3)c1C(F)(F)F. The van der Waals surface area contributed by atoms with Gasteiger partial charge in [-0.25, -0.2) is 13.8 Å². The minimum Gasteiger partial charge on any atom is -0.474 e. The summed E-state index contributed by atoms with van der Waals surface area (Å²) in [6, 6.07) is 0.541. The third-order valence-electron chi connectivity index (χ3n) is 6.82. The van der Waals surface area contributed by atoms with Crippen LogP contribution in [0.3, 0.4) is 0 Å². The highest BCUT2D eigenvalue weighted by Gasteiger charge is 2.39. The predicted molar refractivity (Wildman–Crippen MR) is 137 cm³/mol. The summed E-state index contributed by atoms with van der Waals surface area (Å²) >= 11 is 0. The number of pyridine rings is 1. The third-order valence-corrected chi connectivity index (χ3v) is 6.82. The topological polar surface area (TPSA) is 116 Å². The Morgan fingerprint density at radius 1 is 1.07 bits per heavy atom. The Kier molecular flexibility index (Phi) is 7.82. The molecule has 5 rings (SSSR count). The van der Waals surface area contributed by atoms with Gasteiger partial charge in [0.2, 0.25) is 5.88 Å². The normalized spacial score (nSPS) is 20.4. The zero-order valence-corrected chi connectivity index (χ0v) is 21.9. The van der Waals surface area contributed by atoms with Crippen molar-refractivity contribution in [3.8, 4) is 23.1 Å². The van der Waals surface area contributed by atoms with E-state index in [0.717, 1.165) is 19.4 Å². The van der Waals surface area contributed by atoms with Crippen LogP contribution in [0.5, 0.6) is 11.9 Å². The standard InChI is InChI=1S/C26H29F5N6O3/c1-12-5-6-33-7-8-34-23-17-22(36-25(37-23)40-14-4-3-9-38-11-14)20(28)21(35-24(17)39-12)15-10-16(32)19(27)13(2)18(15)26(29,30)31/h10,12,14,33H,3-9,11,32H2,1-2H3,(H,34,36,37). The number of nitrogens with zero attached hydrogens (tertiary/aromatic N) is 3. The Morgan fingerprint density at radius 2 is 1.88 bits per heavy atom. The third kappa shape index (κ3) is 5.55. The number of anilines is 2. The molecule has 0 spiro atoms. The molecule has 0 amide bonds. The van der Waals surface area contributed by atoms with Crippen LogP contribution in [0, 0.1) is 18.6 Å². The molecule has 9 nitrogen and oxygen atoms in total. The van der Waals surface area contributed by atoms with Gasteiger partial charge >= 0.3 is 12.2 Å². The Balaban J connectivity index is 1.78. The van der Waals surface area contributed by atoms with E-state index in [0.29, 0.717) is 39.1 Å². The maximum atomic E-state index is 16.3. The first-order chi connectivity index (χ1) is 19.0. The van der Waals surface area contributed by atoms with E-state index in [1.54, 1.807) is 6.92 Å². The lowest BCUT2D eigenvalue weighted by Gasteiger charge is -2.23. The highest BCUT2D eigenvalue weighted by atomic mass is 19.4. The summed E-state index contributed by atoms with van der Waals surface area (Å²) in [5.74, 6) is -2.46. The van der Waals surface area contributed by atoms with Gasteiger partial charge in [-0.05, 0) is 51.3 Å². The van der Waals surface area contributed by atoms with E-state index in [2.05, 4.69) is 25.6 Å². The molecule has 0 radical (unpaired) electrons. The molecule has 14 heteroatoms. The number of ether oxygens (including phenoxy) is 3. The van der Waals surface area contributed by atoms with Gasteiger partial charge in [-0.1, -0.05) is 0 Å². The second kappa shape index (κ2) is 11.2. The summed E-state index contributed by atoms with van der Waals surface area (Å²) in [5.41, 5.74) is 1.11. The molecule has 4 N–H and O–H groups in total. The van der Waals surface area contributed by atoms with Gasteiger partial charge in [0.25, 0.3) is 0 Å². The minimum atomic E-state index is -5.04. The number of nitrogens with one attached hydrogen (secondary N) is 2. The molecule has 216 valence electrons. The Hall–Kier alpha value is -3.52. The summed E-state index contributed by atoms with van der Waals surface area (Å²) in [7, 11) is 0. The fraction of sp³-hybridized carbons (Fsp3) is 0.500. The van der Waals surface area contributed by atoms with Crippen LogP contribution in [0.15, 0.2) is 6.07 Å². The summed E-state index contributed by atoms with van der Waals surface area (Å²) in [6.07, 6.45) is -3.94. The van der Waals surface area contributed by atoms with Crippen molar-refractivity contribution in [2.24, 2.45) is 0 Å². The Bertz CT molecular complexity index is 1410. The highest BCUT2D eigenvalue weighted by molar-refractivity contribution is 5.96. The number of aromatic nitrogens is 3. The van der Waals surface area contributed by atoms with Gasteiger partial charge in [-0.3, -0.25) is 0 Å². The first-order valence-electron chi connectivity index (χ1n) is 13.0. The largest absolute Gasteiger partial charge is 0.474 e. The zero-order valence-electron chi connectivity index (χ0n) is 21.9. The lowest BCUT2D eigenvalue weighted by molar-refractivity contribution is -0.137. The molecule has 0 bridgehead atoms. The van der Waals surface area contributed by atoms with Crippen molar-refractivity contribution < 1.29 is 36.2 Å². The van der Waals surface area contributed by atoms with Gasteiger partial charge in [0.15, 0.2) is 5.82 Å². The lowest BCUT2D eigenvalue weighted by atomic mass is 9.96. The molecule has 4 heterocycles. The molecule has 2 atom stereocenters. The highest BCUT2D eigenvalue weighted by Crippen LogP contribution is 2.44. The predicted octanol–water partition coefficient (Wildman–Crippen LogP) is 4.61. The fourth-order valence-electron chi connectivity index (χ4n) is 4.84. The molecule has 1 fully saturated rings. The van der Waals surface area contributed by atoms with Crippen molar-refractivity contribution in [2.75, 3.05) is 43.9 Å². The molecule has 1 aromatic carbocycles. The summed E-state index contributed by atoms with van der Waals surface area (Å²) in [4.78, 5) is 12.9. The van der Waals surface area contributed by atoms with Crippen LogP contribution >= 0.6 is 0 Å². The van der Waals surface area contributed by atoms with E-state index in [4.69, 9.17) is 19.9 Å². The fourth-order valence-corrected chi connectivity index (χ4v) is 4.84. The average Bonchev–Trinajstić information content (AvgIpc) is 2.93. The van der Waals surface area contributed by atoms with Crippen LogP contribution in [-0.2, 0) is 10.9 Å². The van der Waals surface area contributed by atoms with Crippen LogP contribution in [0.2, 0.25) is 0 Å². The Labute approximate surface area is 226 Å². The number of nitrogens with two attached hydrogens (primary N) is 1. The summed E-state index contributed by atoms with van der Waals surface area (Å²) < 4.78 is 90.8. The van der Waals surface area contributed by atoms with Gasteiger partial charge in [0.05, 0.1) is 24.0 Å². The van der Waals surface area contributed by atoms with Crippen LogP contribution < -0.4 is 25.8 Å². The van der Waals surface area contributed by atoms with Crippen LogP contribution in [-0.4, -0.2) is 60.0 Å². The summed E-state index contributed by atoms with van der Waals surface area (Å²) in [5, 5.41) is 6.39. The van der Waals surface area contributed by atoms with E-state index in [-0.39, 0.29) is 41.3 Å². The molecule has 0 saturated carbocycles. The molecular weight excluding hydrogens is 539 g/mol. The van der Waals surface area contributed by atoms with E-state index in [1.807, 2.05) is 0 Å². The second-order valence-corrected chi connectivity index (χ2v) is 9.83. The molecule has 3 aromatic rings. The van der Waals surface area contributed by atoms with Crippen molar-refractivity contribution in [3.63, 3.8) is 0 Å². The summed E-state index contributed by atoms with van der Waals surface area (Å²) in [6.45, 7) is 5.09. The zero-order chi connectivity index (χ0) is 28.6. The number of halogens is 5. The van der Waals surface area contributed by atoms with Gasteiger partial charge in [0, 0.05) is 25.3 Å². The molecule has 2 aliphatic rings. The van der Waals surface area contributed by atoms with Crippen molar-refractivity contribution >= 4 is 22.4 Å². The molecular formula is C26H29F5N6O3. The monoisotopic (exact) mass is 568 g/mol. The molecule has 0 aliphatic carbocycles. The minimum absolute atomic E-state index is 0.0441. The van der Waals surface area contributed by atoms with Gasteiger partial charge < -0.3 is 30.6 Å².